The predicted molar refractivity (Wildman–Crippen MR) is 176 cm³/mol. The van der Waals surface area contributed by atoms with Crippen molar-refractivity contribution in [1.29, 1.82) is 0 Å². The average Bonchev–Trinajstić information content (AvgIpc) is 3.87. The monoisotopic (exact) mass is 663 g/mol. The molecule has 0 saturated heterocycles. The molecule has 1 fully saturated rings. The average molecular weight is 665 g/mol. The van der Waals surface area contributed by atoms with Gasteiger partial charge in [-0.2, -0.15) is 5.10 Å². The molecular weight excluding hydrogens is 633 g/mol. The lowest BCUT2D eigenvalue weighted by atomic mass is 9.96. The molecule has 0 spiro atoms. The third-order valence-electron chi connectivity index (χ3n) is 7.24. The van der Waals surface area contributed by atoms with Gasteiger partial charge in [0.25, 0.3) is 17.4 Å². The van der Waals surface area contributed by atoms with Crippen LogP contribution < -0.4 is 21.5 Å². The fourth-order valence-electron chi connectivity index (χ4n) is 4.66. The van der Waals surface area contributed by atoms with Crippen LogP contribution in [-0.2, 0) is 6.54 Å². The number of anilines is 2. The highest BCUT2D eigenvalue weighted by Gasteiger charge is 2.25. The van der Waals surface area contributed by atoms with Gasteiger partial charge < -0.3 is 26.0 Å². The number of hydrogen-bond acceptors (Lipinski definition) is 7. The second-order valence-corrected chi connectivity index (χ2v) is 11.5. The number of urea groups is 1. The fourth-order valence-corrected chi connectivity index (χ4v) is 5.12. The third-order valence-corrected chi connectivity index (χ3v) is 7.82. The summed E-state index contributed by atoms with van der Waals surface area (Å²) in [6.07, 6.45) is 4.47. The summed E-state index contributed by atoms with van der Waals surface area (Å²) in [4.78, 5) is 57.4. The first-order valence-electron chi connectivity index (χ1n) is 14.5. The zero-order chi connectivity index (χ0) is 33.0. The molecule has 4 N–H and O–H groups in total. The number of aliphatic hydroxyl groups excluding tert-OH is 1. The molecule has 12 nitrogen and oxygen atoms in total. The van der Waals surface area contributed by atoms with Gasteiger partial charge in [-0.25, -0.2) is 9.48 Å². The number of aryl methyl sites for hydroxylation is 1. The highest BCUT2D eigenvalue weighted by atomic mass is 35.5. The van der Waals surface area contributed by atoms with Crippen molar-refractivity contribution in [3.63, 3.8) is 0 Å². The molecule has 5 rings (SSSR count). The lowest BCUT2D eigenvalue weighted by Gasteiger charge is -2.17. The Morgan fingerprint density at radius 2 is 1.67 bits per heavy atom. The van der Waals surface area contributed by atoms with Gasteiger partial charge in [0.05, 0.1) is 28.0 Å². The number of hydrogen-bond donors (Lipinski definition) is 4. The van der Waals surface area contributed by atoms with Gasteiger partial charge in [0.1, 0.15) is 5.69 Å². The number of aliphatic hydroxyl groups is 1. The molecule has 1 saturated carbocycles. The van der Waals surface area contributed by atoms with Crippen LogP contribution in [0, 0.1) is 0 Å². The van der Waals surface area contributed by atoms with Crippen molar-refractivity contribution in [3.8, 4) is 22.4 Å². The minimum Gasteiger partial charge on any atom is -0.395 e. The van der Waals surface area contributed by atoms with E-state index in [-0.39, 0.29) is 59.0 Å². The van der Waals surface area contributed by atoms with Crippen molar-refractivity contribution in [3.05, 3.63) is 92.5 Å². The van der Waals surface area contributed by atoms with Crippen LogP contribution in [-0.4, -0.2) is 68.9 Å². The zero-order valence-electron chi connectivity index (χ0n) is 25.0. The number of halogens is 2. The molecule has 14 heteroatoms. The maximum Gasteiger partial charge on any atom is 0.323 e. The lowest BCUT2D eigenvalue weighted by molar-refractivity contribution is 0.0767. The van der Waals surface area contributed by atoms with Crippen LogP contribution in [0.25, 0.3) is 22.4 Å². The normalized spacial score (nSPS) is 12.4. The Bertz CT molecular complexity index is 1860. The molecule has 1 aliphatic rings. The quantitative estimate of drug-likeness (QED) is 0.188. The van der Waals surface area contributed by atoms with Gasteiger partial charge in [-0.15, -0.1) is 0 Å². The first kappa shape index (κ1) is 32.6. The standard InChI is InChI=1S/C32H31Cl2N7O5/c1-3-41-31(45)27(37-32(46)38-28-24(33)16-35-17-25(28)34)15-26(39-41)19-6-4-5-18(11-19)20-12-21(29(43)36-23-7-8-23)14-22(13-20)30(44)40(2)9-10-42/h4-6,11-17,23,42H,3,7-10H2,1-2H3,(H,36,43)(H2,35,37,38,46). The van der Waals surface area contributed by atoms with Gasteiger partial charge in [-0.1, -0.05) is 41.4 Å². The number of carbonyl (C=O) groups excluding carboxylic acids is 3. The number of likely N-dealkylation sites (N-methyl/N-ethyl adjacent to an activating group) is 1. The van der Waals surface area contributed by atoms with Gasteiger partial charge in [0.15, 0.2) is 0 Å². The molecule has 238 valence electrons. The number of amides is 4. The summed E-state index contributed by atoms with van der Waals surface area (Å²) < 4.78 is 1.22. The number of carbonyl (C=O) groups is 3. The zero-order valence-corrected chi connectivity index (χ0v) is 26.5. The Balaban J connectivity index is 1.50. The fraction of sp³-hybridized carbons (Fsp3) is 0.250. The molecule has 0 radical (unpaired) electrons. The number of benzene rings is 2. The summed E-state index contributed by atoms with van der Waals surface area (Å²) in [6.45, 7) is 1.92. The molecular formula is C32H31Cl2N7O5. The molecule has 0 bridgehead atoms. The van der Waals surface area contributed by atoms with Gasteiger partial charge in [0, 0.05) is 55.3 Å². The number of pyridine rings is 1. The Labute approximate surface area is 274 Å². The molecule has 1 aliphatic carbocycles. The maximum absolute atomic E-state index is 13.2. The Hall–Kier alpha value is -4.78. The second-order valence-electron chi connectivity index (χ2n) is 10.7. The smallest absolute Gasteiger partial charge is 0.323 e. The topological polar surface area (TPSA) is 159 Å². The molecule has 0 aliphatic heterocycles. The van der Waals surface area contributed by atoms with Gasteiger partial charge in [-0.05, 0) is 61.2 Å². The summed E-state index contributed by atoms with van der Waals surface area (Å²) in [7, 11) is 1.58. The summed E-state index contributed by atoms with van der Waals surface area (Å²) in [5.74, 6) is -0.619. The molecule has 46 heavy (non-hydrogen) atoms. The van der Waals surface area contributed by atoms with E-state index in [4.69, 9.17) is 23.2 Å². The van der Waals surface area contributed by atoms with Crippen molar-refractivity contribution in [2.75, 3.05) is 30.8 Å². The van der Waals surface area contributed by atoms with Gasteiger partial charge in [-0.3, -0.25) is 19.4 Å². The maximum atomic E-state index is 13.2. The van der Waals surface area contributed by atoms with Gasteiger partial charge >= 0.3 is 6.03 Å². The van der Waals surface area contributed by atoms with Crippen molar-refractivity contribution < 1.29 is 19.5 Å². The van der Waals surface area contributed by atoms with E-state index in [9.17, 15) is 24.3 Å². The predicted octanol–water partition coefficient (Wildman–Crippen LogP) is 4.90. The van der Waals surface area contributed by atoms with Crippen LogP contribution >= 0.6 is 23.2 Å². The first-order chi connectivity index (χ1) is 22.1. The molecule has 2 heterocycles. The first-order valence-corrected chi connectivity index (χ1v) is 15.3. The van der Waals surface area contributed by atoms with E-state index in [0.29, 0.717) is 33.5 Å². The molecule has 2 aromatic carbocycles. The summed E-state index contributed by atoms with van der Waals surface area (Å²) in [5.41, 5.74) is 2.51. The van der Waals surface area contributed by atoms with Crippen molar-refractivity contribution in [1.82, 2.24) is 25.0 Å². The van der Waals surface area contributed by atoms with E-state index in [1.165, 1.54) is 28.0 Å². The highest BCUT2D eigenvalue weighted by Crippen LogP contribution is 2.30. The molecule has 0 atom stereocenters. The van der Waals surface area contributed by atoms with Crippen LogP contribution in [0.4, 0.5) is 16.2 Å². The van der Waals surface area contributed by atoms with E-state index in [1.54, 1.807) is 44.3 Å². The van der Waals surface area contributed by atoms with Crippen LogP contribution in [0.1, 0.15) is 40.5 Å². The Morgan fingerprint density at radius 1 is 0.978 bits per heavy atom. The Morgan fingerprint density at radius 3 is 2.35 bits per heavy atom. The van der Waals surface area contributed by atoms with Crippen LogP contribution in [0.15, 0.2) is 65.7 Å². The van der Waals surface area contributed by atoms with Crippen LogP contribution in [0.3, 0.4) is 0 Å². The largest absolute Gasteiger partial charge is 0.395 e. The molecule has 4 aromatic rings. The SMILES string of the molecule is CCn1nc(-c2cccc(-c3cc(C(=O)NC4CC4)cc(C(=O)N(C)CCO)c3)c2)cc(NC(=O)Nc2c(Cl)cncc2Cl)c1=O. The molecule has 0 unspecified atom stereocenters. The van der Waals surface area contributed by atoms with Crippen molar-refractivity contribution in [2.45, 2.75) is 32.4 Å². The third kappa shape index (κ3) is 7.53. The van der Waals surface area contributed by atoms with Crippen molar-refractivity contribution >= 4 is 52.4 Å². The molecule has 2 aromatic heterocycles. The van der Waals surface area contributed by atoms with E-state index in [1.807, 2.05) is 12.1 Å². The van der Waals surface area contributed by atoms with E-state index in [2.05, 4.69) is 26.0 Å². The van der Waals surface area contributed by atoms with E-state index < -0.39 is 11.6 Å². The summed E-state index contributed by atoms with van der Waals surface area (Å²) >= 11 is 12.2. The number of rotatable bonds is 10. The summed E-state index contributed by atoms with van der Waals surface area (Å²) in [5, 5.41) is 22.1. The highest BCUT2D eigenvalue weighted by molar-refractivity contribution is 6.39. The van der Waals surface area contributed by atoms with E-state index >= 15 is 0 Å². The number of aromatic nitrogens is 3. The Kier molecular flexibility index (Phi) is 10.0. The van der Waals surface area contributed by atoms with Crippen LogP contribution in [0.5, 0.6) is 0 Å². The van der Waals surface area contributed by atoms with Crippen LogP contribution in [0.2, 0.25) is 10.0 Å². The summed E-state index contributed by atoms with van der Waals surface area (Å²) in [6, 6.07) is 13.0. The number of nitrogens with zero attached hydrogens (tertiary/aromatic N) is 4. The van der Waals surface area contributed by atoms with E-state index in [0.717, 1.165) is 12.8 Å². The number of nitrogens with one attached hydrogen (secondary N) is 3. The lowest BCUT2D eigenvalue weighted by Crippen LogP contribution is -2.30. The minimum atomic E-state index is -0.745. The van der Waals surface area contributed by atoms with Gasteiger partial charge in [0.2, 0.25) is 0 Å². The van der Waals surface area contributed by atoms with Crippen molar-refractivity contribution in [2.24, 2.45) is 0 Å². The minimum absolute atomic E-state index is 0.0328. The second kappa shape index (κ2) is 14.1. The molecule has 4 amide bonds.